The van der Waals surface area contributed by atoms with Gasteiger partial charge in [-0.1, -0.05) is 0 Å². The first-order valence-corrected chi connectivity index (χ1v) is 23.4. The molecule has 0 saturated heterocycles. The molecule has 2 aliphatic carbocycles. The van der Waals surface area contributed by atoms with Crippen LogP contribution in [0.25, 0.3) is 11.1 Å². The molecule has 58 heavy (non-hydrogen) atoms. The zero-order chi connectivity index (χ0) is 41.5. The van der Waals surface area contributed by atoms with Gasteiger partial charge in [-0.15, -0.1) is 0 Å². The van der Waals surface area contributed by atoms with Crippen molar-refractivity contribution in [2.75, 3.05) is 0 Å². The molecule has 0 radical (unpaired) electrons. The molecule has 0 fully saturated rings. The van der Waals surface area contributed by atoms with Crippen molar-refractivity contribution in [3.05, 3.63) is 149 Å². The summed E-state index contributed by atoms with van der Waals surface area (Å²) in [5.41, 5.74) is 8.87. The van der Waals surface area contributed by atoms with E-state index in [2.05, 4.69) is 120 Å². The van der Waals surface area contributed by atoms with Gasteiger partial charge < -0.3 is 24.8 Å². The van der Waals surface area contributed by atoms with Gasteiger partial charge in [0.15, 0.2) is 0 Å². The van der Waals surface area contributed by atoms with E-state index in [-0.39, 0.29) is 50.6 Å². The normalized spacial score (nSPS) is 15.7. The second-order valence-corrected chi connectivity index (χ2v) is 25.0. The van der Waals surface area contributed by atoms with Crippen LogP contribution in [-0.2, 0) is 44.4 Å². The third-order valence-electron chi connectivity index (χ3n) is 11.5. The summed E-state index contributed by atoms with van der Waals surface area (Å²) in [6.07, 6.45) is -3.90. The molecule has 0 saturated carbocycles. The maximum Gasteiger partial charge on any atom is -1.00 e. The monoisotopic (exact) mass is 916 g/mol. The summed E-state index contributed by atoms with van der Waals surface area (Å²) < 4.78 is 88.9. The van der Waals surface area contributed by atoms with Gasteiger partial charge >= 0.3 is 339 Å². The molecule has 0 amide bonds. The molecule has 0 nitrogen and oxygen atoms in total. The van der Waals surface area contributed by atoms with Gasteiger partial charge in [-0.25, -0.2) is 0 Å². The number of rotatable bonds is 5. The maximum atomic E-state index is 14.5. The van der Waals surface area contributed by atoms with Crippen LogP contribution < -0.4 is 24.8 Å². The van der Waals surface area contributed by atoms with E-state index < -0.39 is 44.7 Å². The molecule has 9 heteroatoms. The van der Waals surface area contributed by atoms with Gasteiger partial charge in [0.1, 0.15) is 0 Å². The van der Waals surface area contributed by atoms with Crippen molar-refractivity contribution in [3.8, 4) is 11.1 Å². The van der Waals surface area contributed by atoms with Gasteiger partial charge in [-0.3, -0.25) is 0 Å². The van der Waals surface area contributed by atoms with Crippen molar-refractivity contribution in [3.63, 3.8) is 0 Å². The van der Waals surface area contributed by atoms with Crippen molar-refractivity contribution >= 4 is 3.21 Å². The van der Waals surface area contributed by atoms with E-state index in [1.807, 2.05) is 0 Å². The summed E-state index contributed by atoms with van der Waals surface area (Å²) in [5, 5.41) is 0. The molecule has 1 atom stereocenters. The van der Waals surface area contributed by atoms with Crippen LogP contribution in [0.5, 0.6) is 0 Å². The third-order valence-corrected chi connectivity index (χ3v) is 20.0. The summed E-state index contributed by atoms with van der Waals surface area (Å²) >= 11 is -3.82. The van der Waals surface area contributed by atoms with E-state index in [9.17, 15) is 26.3 Å². The summed E-state index contributed by atoms with van der Waals surface area (Å²) in [6, 6.07) is 19.8. The average molecular weight is 919 g/mol. The second-order valence-electron chi connectivity index (χ2n) is 18.9. The maximum absolute atomic E-state index is 14.5. The molecule has 310 valence electrons. The zero-order valence-corrected chi connectivity index (χ0v) is 39.4. The van der Waals surface area contributed by atoms with Gasteiger partial charge in [0.05, 0.1) is 0 Å². The molecular weight excluding hydrogens is 865 g/mol. The number of hydrogen-bond acceptors (Lipinski definition) is 0. The van der Waals surface area contributed by atoms with Gasteiger partial charge in [0.2, 0.25) is 0 Å². The van der Waals surface area contributed by atoms with E-state index in [1.165, 1.54) is 38.7 Å². The Morgan fingerprint density at radius 1 is 0.586 bits per heavy atom. The fraction of sp³-hybridized carbons (Fsp3) is 0.408. The molecule has 0 spiro atoms. The minimum absolute atomic E-state index is 0. The van der Waals surface area contributed by atoms with E-state index >= 15 is 0 Å². The van der Waals surface area contributed by atoms with E-state index in [1.54, 1.807) is 12.1 Å². The Morgan fingerprint density at radius 2 is 1.00 bits per heavy atom. The Hall–Kier alpha value is -2.73. The van der Waals surface area contributed by atoms with Crippen LogP contribution >= 0.6 is 0 Å². The predicted octanol–water partition coefficient (Wildman–Crippen LogP) is 8.80. The van der Waals surface area contributed by atoms with E-state index in [4.69, 9.17) is 0 Å². The van der Waals surface area contributed by atoms with Crippen LogP contribution in [0.3, 0.4) is 0 Å². The average Bonchev–Trinajstić information content (AvgIpc) is 3.64. The van der Waals surface area contributed by atoms with Crippen molar-refractivity contribution in [1.29, 1.82) is 0 Å². The summed E-state index contributed by atoms with van der Waals surface area (Å²) in [5.74, 6) is 0.00242. The van der Waals surface area contributed by atoms with Crippen LogP contribution in [0.2, 0.25) is 0 Å². The standard InChI is InChI=1S/C23H29.C15H8F6.C11H17.2ClH.Zr/c1-14-9-16-11-17-10-15(2)21(23(6,7)8)13-19(17)18(16)12-20(14)22(3,4)5;16-14(17,18)12-5-1-3-10(8-12)7-11-4-2-6-13(9-11)15(19,20)21;1-5-9-6-7-10(8-9)11(2,3)4;;;/h9-13H,1-8H3;1-6,8-9H;7-9H,5H2,1-4H3;2*1H;/q;;;;;+2/p-2. The quantitative estimate of drug-likeness (QED) is 0.176. The van der Waals surface area contributed by atoms with Gasteiger partial charge in [0.25, 0.3) is 0 Å². The molecule has 0 bridgehead atoms. The summed E-state index contributed by atoms with van der Waals surface area (Å²) in [4.78, 5) is 0. The zero-order valence-electron chi connectivity index (χ0n) is 35.5. The Morgan fingerprint density at radius 3 is 1.34 bits per heavy atom. The molecule has 4 aromatic carbocycles. The molecule has 1 unspecified atom stereocenters. The van der Waals surface area contributed by atoms with Crippen LogP contribution in [0.15, 0.2) is 93.8 Å². The Balaban J connectivity index is 0.00000372. The molecular formula is C49H54Cl2F6Zr. The van der Waals surface area contributed by atoms with Gasteiger partial charge in [0, 0.05) is 0 Å². The number of hydrogen-bond donors (Lipinski definition) is 0. The van der Waals surface area contributed by atoms with Crippen LogP contribution in [-0.4, -0.2) is 3.21 Å². The van der Waals surface area contributed by atoms with Crippen molar-refractivity contribution in [2.24, 2.45) is 11.3 Å². The minimum Gasteiger partial charge on any atom is -1.00 e. The largest absolute Gasteiger partial charge is 1.00 e. The Labute approximate surface area is 361 Å². The van der Waals surface area contributed by atoms with Crippen LogP contribution in [0.4, 0.5) is 26.3 Å². The smallest absolute Gasteiger partial charge is 1.00 e. The predicted molar refractivity (Wildman–Crippen MR) is 216 cm³/mol. The molecule has 4 aromatic rings. The SMILES string of the molecule is CCC1C=C(C(C)(C)C)C=[C]1[Zr+2](=[C](c1cccc(C(F)(F)F)c1)c1cccc(C(F)(F)F)c1)[CH]1c2cc(C)c(C(C)(C)C)cc2-c2cc(C(C)(C)C)c(C)cc21.[Cl-].[Cl-]. The first-order valence-electron chi connectivity index (χ1n) is 19.6. The number of allylic oxidation sites excluding steroid dienone is 4. The number of alkyl halides is 6. The second kappa shape index (κ2) is 16.6. The molecule has 0 aliphatic heterocycles. The molecule has 0 aromatic heterocycles. The van der Waals surface area contributed by atoms with E-state index in [0.717, 1.165) is 57.5 Å². The summed E-state index contributed by atoms with van der Waals surface area (Å²) in [6.45, 7) is 26.1. The summed E-state index contributed by atoms with van der Waals surface area (Å²) in [7, 11) is 0. The van der Waals surface area contributed by atoms with Crippen molar-refractivity contribution in [2.45, 2.75) is 116 Å². The number of benzene rings is 4. The molecule has 0 N–H and O–H groups in total. The van der Waals surface area contributed by atoms with Gasteiger partial charge in [-0.05, 0) is 0 Å². The topological polar surface area (TPSA) is 0 Å². The fourth-order valence-corrected chi connectivity index (χ4v) is 18.5. The molecule has 6 rings (SSSR count). The molecule has 2 aliphatic rings. The number of fused-ring (bicyclic) bond motifs is 3. The van der Waals surface area contributed by atoms with Crippen molar-refractivity contribution < 1.29 is 72.4 Å². The third kappa shape index (κ3) is 9.28. The van der Waals surface area contributed by atoms with Crippen LogP contribution in [0, 0.1) is 25.2 Å². The van der Waals surface area contributed by atoms with Crippen LogP contribution in [0.1, 0.15) is 135 Å². The minimum atomic E-state index is -4.63. The number of aryl methyl sites for hydroxylation is 2. The first-order chi connectivity index (χ1) is 25.7. The number of halogens is 8. The van der Waals surface area contributed by atoms with Crippen molar-refractivity contribution in [1.82, 2.24) is 0 Å². The fourth-order valence-electron chi connectivity index (χ4n) is 8.85. The first kappa shape index (κ1) is 47.9. The van der Waals surface area contributed by atoms with E-state index in [0.29, 0.717) is 14.3 Å². The Bertz CT molecular complexity index is 2170. The van der Waals surface area contributed by atoms with Gasteiger partial charge in [-0.2, -0.15) is 0 Å². The molecule has 0 heterocycles. The Kier molecular flexibility index (Phi) is 13.7.